The fourth-order valence-electron chi connectivity index (χ4n) is 3.98. The van der Waals surface area contributed by atoms with Crippen molar-refractivity contribution >= 4 is 32.7 Å². The van der Waals surface area contributed by atoms with Crippen molar-refractivity contribution in [2.24, 2.45) is 0 Å². The summed E-state index contributed by atoms with van der Waals surface area (Å²) < 4.78 is 27.7. The first-order valence-corrected chi connectivity index (χ1v) is 11.9. The lowest BCUT2D eigenvalue weighted by atomic mass is 10.2. The highest BCUT2D eigenvalue weighted by Crippen LogP contribution is 2.23. The van der Waals surface area contributed by atoms with Crippen LogP contribution in [0.5, 0.6) is 0 Å². The van der Waals surface area contributed by atoms with E-state index in [9.17, 15) is 18.0 Å². The molecule has 9 nitrogen and oxygen atoms in total. The van der Waals surface area contributed by atoms with E-state index in [4.69, 9.17) is 0 Å². The molecule has 1 fully saturated rings. The number of imidazole rings is 1. The van der Waals surface area contributed by atoms with Crippen LogP contribution >= 0.6 is 0 Å². The molecule has 1 saturated heterocycles. The normalized spacial score (nSPS) is 16.8. The number of carbonyl (C=O) groups excluding carboxylic acids is 1. The number of nitrogens with zero attached hydrogens (tertiary/aromatic N) is 2. The van der Waals surface area contributed by atoms with Crippen LogP contribution < -0.4 is 11.0 Å². The molecule has 0 spiro atoms. The third-order valence-electron chi connectivity index (χ3n) is 5.95. The molecule has 0 bridgehead atoms. The highest BCUT2D eigenvalue weighted by molar-refractivity contribution is 7.89. The average molecular weight is 458 g/mol. The second-order valence-corrected chi connectivity index (χ2v) is 10.1. The molecule has 1 aliphatic heterocycles. The van der Waals surface area contributed by atoms with Crippen LogP contribution in [-0.4, -0.2) is 65.7 Å². The van der Waals surface area contributed by atoms with Gasteiger partial charge in [-0.1, -0.05) is 12.1 Å². The number of piperazine rings is 1. The van der Waals surface area contributed by atoms with Gasteiger partial charge in [-0.15, -0.1) is 0 Å². The van der Waals surface area contributed by atoms with Crippen molar-refractivity contribution in [1.29, 1.82) is 0 Å². The number of carbonyl (C=O) groups is 1. The summed E-state index contributed by atoms with van der Waals surface area (Å²) >= 11 is 0. The molecule has 2 aromatic carbocycles. The van der Waals surface area contributed by atoms with E-state index in [1.165, 1.54) is 4.31 Å². The summed E-state index contributed by atoms with van der Waals surface area (Å²) in [6.07, 6.45) is 0. The van der Waals surface area contributed by atoms with Gasteiger partial charge >= 0.3 is 5.69 Å². The molecule has 1 aliphatic rings. The van der Waals surface area contributed by atoms with Gasteiger partial charge in [0.2, 0.25) is 15.9 Å². The van der Waals surface area contributed by atoms with Crippen LogP contribution in [0.1, 0.15) is 18.1 Å². The molecule has 170 valence electrons. The van der Waals surface area contributed by atoms with Crippen molar-refractivity contribution in [3.8, 4) is 0 Å². The van der Waals surface area contributed by atoms with Gasteiger partial charge < -0.3 is 15.3 Å². The minimum absolute atomic E-state index is 0.187. The van der Waals surface area contributed by atoms with Crippen LogP contribution in [-0.2, 0) is 14.8 Å². The number of anilines is 1. The number of aromatic nitrogens is 2. The lowest BCUT2D eigenvalue weighted by Gasteiger charge is -2.37. The zero-order valence-corrected chi connectivity index (χ0v) is 19.1. The molecule has 4 rings (SSSR count). The van der Waals surface area contributed by atoms with Gasteiger partial charge in [-0.2, -0.15) is 4.31 Å². The number of amides is 1. The molecule has 0 unspecified atom stereocenters. The number of sulfonamides is 1. The summed E-state index contributed by atoms with van der Waals surface area (Å²) in [5.41, 5.74) is 3.20. The summed E-state index contributed by atoms with van der Waals surface area (Å²) in [4.78, 5) is 31.8. The van der Waals surface area contributed by atoms with Crippen molar-refractivity contribution in [3.63, 3.8) is 0 Å². The van der Waals surface area contributed by atoms with Crippen LogP contribution in [0.3, 0.4) is 0 Å². The third kappa shape index (κ3) is 4.34. The number of rotatable bonds is 5. The molecule has 0 saturated carbocycles. The molecular weight excluding hydrogens is 430 g/mol. The molecule has 3 N–H and O–H groups in total. The van der Waals surface area contributed by atoms with E-state index in [2.05, 4.69) is 15.3 Å². The molecule has 3 aromatic rings. The summed E-state index contributed by atoms with van der Waals surface area (Å²) in [6.45, 7) is 7.05. The van der Waals surface area contributed by atoms with Gasteiger partial charge in [-0.3, -0.25) is 9.69 Å². The predicted molar refractivity (Wildman–Crippen MR) is 123 cm³/mol. The van der Waals surface area contributed by atoms with Crippen LogP contribution in [0.2, 0.25) is 0 Å². The standard InChI is InChI=1S/C22H27N5O4S/c1-14-4-5-15(2)20(12-14)32(30,31)27-10-8-26(9-11-27)16(3)21(28)23-17-6-7-18-19(13-17)25-22(29)24-18/h4-7,12-13,16H,8-11H2,1-3H3,(H,23,28)(H2,24,25,29)/t16-/m1/s1. The van der Waals surface area contributed by atoms with Gasteiger partial charge in [0.25, 0.3) is 0 Å². The Hall–Kier alpha value is -2.95. The van der Waals surface area contributed by atoms with E-state index < -0.39 is 16.1 Å². The van der Waals surface area contributed by atoms with Gasteiger partial charge in [-0.05, 0) is 56.2 Å². The SMILES string of the molecule is Cc1ccc(C)c(S(=O)(=O)N2CCN([C@H](C)C(=O)Nc3ccc4[nH]c(=O)[nH]c4c3)CC2)c1. The predicted octanol–water partition coefficient (Wildman–Crippen LogP) is 1.81. The Kier molecular flexibility index (Phi) is 5.93. The van der Waals surface area contributed by atoms with Gasteiger partial charge in [0, 0.05) is 31.9 Å². The van der Waals surface area contributed by atoms with E-state index in [0.717, 1.165) is 11.1 Å². The number of benzene rings is 2. The number of H-pyrrole nitrogens is 2. The van der Waals surface area contributed by atoms with Crippen molar-refractivity contribution in [2.45, 2.75) is 31.7 Å². The summed E-state index contributed by atoms with van der Waals surface area (Å²) in [7, 11) is -3.58. The Balaban J connectivity index is 1.40. The van der Waals surface area contributed by atoms with Crippen LogP contribution in [0.4, 0.5) is 5.69 Å². The van der Waals surface area contributed by atoms with Crippen molar-refractivity contribution in [3.05, 3.63) is 58.0 Å². The second-order valence-electron chi connectivity index (χ2n) is 8.21. The minimum atomic E-state index is -3.58. The molecule has 0 aliphatic carbocycles. The maximum Gasteiger partial charge on any atom is 0.323 e. The summed E-state index contributed by atoms with van der Waals surface area (Å²) in [5.74, 6) is -0.187. The lowest BCUT2D eigenvalue weighted by molar-refractivity contribution is -0.121. The number of hydrogen-bond donors (Lipinski definition) is 3. The second kappa shape index (κ2) is 8.53. The molecule has 1 amide bonds. The Morgan fingerprint density at radius 3 is 2.41 bits per heavy atom. The van der Waals surface area contributed by atoms with Crippen molar-refractivity contribution in [2.75, 3.05) is 31.5 Å². The van der Waals surface area contributed by atoms with Gasteiger partial charge in [0.1, 0.15) is 0 Å². The Morgan fingerprint density at radius 1 is 1.00 bits per heavy atom. The number of nitrogens with one attached hydrogen (secondary N) is 3. The average Bonchev–Trinajstić information content (AvgIpc) is 3.14. The largest absolute Gasteiger partial charge is 0.325 e. The number of fused-ring (bicyclic) bond motifs is 1. The zero-order valence-electron chi connectivity index (χ0n) is 18.3. The Bertz CT molecular complexity index is 1320. The number of aryl methyl sites for hydroxylation is 2. The fraction of sp³-hybridized carbons (Fsp3) is 0.364. The molecule has 32 heavy (non-hydrogen) atoms. The fourth-order valence-corrected chi connectivity index (χ4v) is 5.71. The topological polar surface area (TPSA) is 118 Å². The third-order valence-corrected chi connectivity index (χ3v) is 7.99. The van der Waals surface area contributed by atoms with E-state index in [1.54, 1.807) is 38.1 Å². The summed E-state index contributed by atoms with van der Waals surface area (Å²) in [6, 6.07) is 10.2. The minimum Gasteiger partial charge on any atom is -0.325 e. The van der Waals surface area contributed by atoms with Crippen LogP contribution in [0.15, 0.2) is 46.1 Å². The van der Waals surface area contributed by atoms with Crippen molar-refractivity contribution < 1.29 is 13.2 Å². The molecule has 2 heterocycles. The quantitative estimate of drug-likeness (QED) is 0.540. The van der Waals surface area contributed by atoms with Crippen LogP contribution in [0.25, 0.3) is 11.0 Å². The highest BCUT2D eigenvalue weighted by Gasteiger charge is 2.32. The van der Waals surface area contributed by atoms with Crippen molar-refractivity contribution in [1.82, 2.24) is 19.2 Å². The molecular formula is C22H27N5O4S. The number of hydrogen-bond acceptors (Lipinski definition) is 5. The summed E-state index contributed by atoms with van der Waals surface area (Å²) in [5, 5.41) is 2.87. The first-order chi connectivity index (χ1) is 15.1. The molecule has 0 radical (unpaired) electrons. The monoisotopic (exact) mass is 457 g/mol. The van der Waals surface area contributed by atoms with Gasteiger partial charge in [0.05, 0.1) is 22.0 Å². The van der Waals surface area contributed by atoms with E-state index in [-0.39, 0.29) is 11.6 Å². The van der Waals surface area contributed by atoms with Gasteiger partial charge in [-0.25, -0.2) is 13.2 Å². The van der Waals surface area contributed by atoms with E-state index in [0.29, 0.717) is 47.8 Å². The van der Waals surface area contributed by atoms with Gasteiger partial charge in [0.15, 0.2) is 0 Å². The smallest absolute Gasteiger partial charge is 0.323 e. The van der Waals surface area contributed by atoms with E-state index in [1.807, 2.05) is 24.0 Å². The maximum atomic E-state index is 13.1. The van der Waals surface area contributed by atoms with Crippen LogP contribution in [0, 0.1) is 13.8 Å². The maximum absolute atomic E-state index is 13.1. The zero-order chi connectivity index (χ0) is 23.0. The highest BCUT2D eigenvalue weighted by atomic mass is 32.2. The van der Waals surface area contributed by atoms with E-state index >= 15 is 0 Å². The first-order valence-electron chi connectivity index (χ1n) is 10.5. The molecule has 1 atom stereocenters. The molecule has 1 aromatic heterocycles. The first kappa shape index (κ1) is 22.3. The molecule has 10 heteroatoms. The lowest BCUT2D eigenvalue weighted by Crippen LogP contribution is -2.54. The number of aromatic amines is 2. The Morgan fingerprint density at radius 2 is 1.69 bits per heavy atom. The Labute approximate surface area is 186 Å².